The fourth-order valence-corrected chi connectivity index (χ4v) is 7.44. The number of hydrogen-bond acceptors (Lipinski definition) is 6. The lowest BCUT2D eigenvalue weighted by atomic mass is 9.98. The van der Waals surface area contributed by atoms with Gasteiger partial charge in [0.2, 0.25) is 10.0 Å². The summed E-state index contributed by atoms with van der Waals surface area (Å²) in [5.41, 5.74) is 5.78. The maximum absolute atomic E-state index is 12.8. The molecule has 2 fully saturated rings. The molecule has 242 valence electrons. The second kappa shape index (κ2) is 15.5. The van der Waals surface area contributed by atoms with E-state index in [9.17, 15) is 13.5 Å². The van der Waals surface area contributed by atoms with E-state index in [-0.39, 0.29) is 30.3 Å². The molecule has 46 heavy (non-hydrogen) atoms. The van der Waals surface area contributed by atoms with Crippen LogP contribution in [0.25, 0.3) is 11.1 Å². The Morgan fingerprint density at radius 1 is 0.717 bits per heavy atom. The van der Waals surface area contributed by atoms with E-state index in [1.54, 1.807) is 30.3 Å². The van der Waals surface area contributed by atoms with Gasteiger partial charge in [-0.1, -0.05) is 98.1 Å². The SMILES string of the molecule is O=S(=O)(NCc1cccc(-c2cccc([C@@H]3O[C@H](CN4CCCCCCC4)C[C@H](c4ccc(CO)cc4)O3)c2)c1)c1ccccc1. The Bertz CT molecular complexity index is 1650. The second-order valence-corrected chi connectivity index (χ2v) is 14.1. The molecule has 6 rings (SSSR count). The molecule has 0 radical (unpaired) electrons. The summed E-state index contributed by atoms with van der Waals surface area (Å²) >= 11 is 0. The molecule has 7 nitrogen and oxygen atoms in total. The molecule has 0 bridgehead atoms. The van der Waals surface area contributed by atoms with Crippen LogP contribution in [-0.2, 0) is 32.6 Å². The van der Waals surface area contributed by atoms with Crippen molar-refractivity contribution in [2.45, 2.75) is 75.1 Å². The fourth-order valence-electron chi connectivity index (χ4n) is 6.40. The highest BCUT2D eigenvalue weighted by molar-refractivity contribution is 7.89. The van der Waals surface area contributed by atoms with Crippen LogP contribution < -0.4 is 4.72 Å². The summed E-state index contributed by atoms with van der Waals surface area (Å²) in [7, 11) is -3.61. The number of nitrogens with zero attached hydrogens (tertiary/aromatic N) is 1. The molecule has 0 amide bonds. The highest BCUT2D eigenvalue weighted by atomic mass is 32.2. The van der Waals surface area contributed by atoms with Crippen molar-refractivity contribution < 1.29 is 23.0 Å². The fraction of sp³-hybridized carbons (Fsp3) is 0.368. The van der Waals surface area contributed by atoms with Crippen molar-refractivity contribution in [3.63, 3.8) is 0 Å². The van der Waals surface area contributed by atoms with Crippen LogP contribution in [0, 0.1) is 0 Å². The Morgan fingerprint density at radius 3 is 2.15 bits per heavy atom. The van der Waals surface area contributed by atoms with Crippen molar-refractivity contribution in [2.75, 3.05) is 19.6 Å². The largest absolute Gasteiger partial charge is 0.392 e. The van der Waals surface area contributed by atoms with E-state index in [0.29, 0.717) is 0 Å². The Hall–Kier alpha value is -3.37. The predicted octanol–water partition coefficient (Wildman–Crippen LogP) is 7.14. The maximum Gasteiger partial charge on any atom is 0.240 e. The van der Waals surface area contributed by atoms with Gasteiger partial charge in [-0.05, 0) is 78.0 Å². The van der Waals surface area contributed by atoms with E-state index >= 15 is 0 Å². The molecule has 4 aromatic carbocycles. The number of likely N-dealkylation sites (tertiary alicyclic amines) is 1. The molecule has 0 aliphatic carbocycles. The Morgan fingerprint density at radius 2 is 1.41 bits per heavy atom. The van der Waals surface area contributed by atoms with Gasteiger partial charge in [-0.3, -0.25) is 0 Å². The Labute approximate surface area is 273 Å². The van der Waals surface area contributed by atoms with Gasteiger partial charge >= 0.3 is 0 Å². The maximum atomic E-state index is 12.8. The summed E-state index contributed by atoms with van der Waals surface area (Å²) in [6.07, 6.45) is 6.50. The lowest BCUT2D eigenvalue weighted by Crippen LogP contribution is -2.40. The van der Waals surface area contributed by atoms with Crippen LogP contribution in [0.1, 0.15) is 73.2 Å². The molecule has 0 unspecified atom stereocenters. The first-order valence-corrected chi connectivity index (χ1v) is 17.9. The number of sulfonamides is 1. The van der Waals surface area contributed by atoms with E-state index in [1.807, 2.05) is 42.5 Å². The molecule has 2 saturated heterocycles. The van der Waals surface area contributed by atoms with Crippen molar-refractivity contribution in [1.29, 1.82) is 0 Å². The summed E-state index contributed by atoms with van der Waals surface area (Å²) in [6, 6.07) is 32.6. The van der Waals surface area contributed by atoms with E-state index in [2.05, 4.69) is 40.0 Å². The number of ether oxygens (including phenoxy) is 2. The minimum atomic E-state index is -3.61. The summed E-state index contributed by atoms with van der Waals surface area (Å²) in [5, 5.41) is 9.56. The van der Waals surface area contributed by atoms with E-state index in [0.717, 1.165) is 59.4 Å². The average molecular weight is 641 g/mol. The van der Waals surface area contributed by atoms with Crippen molar-refractivity contribution in [3.05, 3.63) is 125 Å². The standard InChI is InChI=1S/C38H44N2O5S/c41-28-29-17-19-31(20-18-29)37-25-35(27-40-21-7-2-1-3-8-22-40)44-38(45-37)34-14-10-13-33(24-34)32-12-9-11-30(23-32)26-39-46(42,43)36-15-5-4-6-16-36/h4-6,9-20,23-24,35,37-39,41H,1-3,7-8,21-22,25-28H2/t35-,37+,38+/m0/s1. The third kappa shape index (κ3) is 8.50. The van der Waals surface area contributed by atoms with Gasteiger partial charge in [-0.2, -0.15) is 0 Å². The van der Waals surface area contributed by atoms with Gasteiger partial charge in [0, 0.05) is 25.1 Å². The first-order chi connectivity index (χ1) is 22.5. The lowest BCUT2D eigenvalue weighted by molar-refractivity contribution is -0.253. The van der Waals surface area contributed by atoms with Crippen LogP contribution in [0.5, 0.6) is 0 Å². The van der Waals surface area contributed by atoms with Gasteiger partial charge in [0.25, 0.3) is 0 Å². The molecule has 0 aromatic heterocycles. The number of rotatable bonds is 10. The molecular formula is C38H44N2O5S. The van der Waals surface area contributed by atoms with Gasteiger partial charge in [-0.25, -0.2) is 13.1 Å². The van der Waals surface area contributed by atoms with Crippen molar-refractivity contribution in [3.8, 4) is 11.1 Å². The van der Waals surface area contributed by atoms with Crippen LogP contribution in [0.2, 0.25) is 0 Å². The van der Waals surface area contributed by atoms with E-state index in [4.69, 9.17) is 9.47 Å². The highest BCUT2D eigenvalue weighted by Crippen LogP contribution is 2.39. The van der Waals surface area contributed by atoms with Crippen molar-refractivity contribution in [1.82, 2.24) is 9.62 Å². The molecule has 8 heteroatoms. The lowest BCUT2D eigenvalue weighted by Gasteiger charge is -2.39. The second-order valence-electron chi connectivity index (χ2n) is 12.4. The van der Waals surface area contributed by atoms with Gasteiger partial charge in [0.05, 0.1) is 23.7 Å². The normalized spacial score (nSPS) is 21.4. The number of hydrogen-bond donors (Lipinski definition) is 2. The number of aliphatic hydroxyl groups excluding tert-OH is 1. The quantitative estimate of drug-likeness (QED) is 0.192. The molecule has 0 saturated carbocycles. The molecule has 3 atom stereocenters. The number of aliphatic hydroxyl groups is 1. The number of nitrogens with one attached hydrogen (secondary N) is 1. The minimum absolute atomic E-state index is 0.0159. The smallest absolute Gasteiger partial charge is 0.240 e. The van der Waals surface area contributed by atoms with Gasteiger partial charge in [-0.15, -0.1) is 0 Å². The molecule has 0 spiro atoms. The summed E-state index contributed by atoms with van der Waals surface area (Å²) in [4.78, 5) is 2.81. The molecule has 4 aromatic rings. The first kappa shape index (κ1) is 32.6. The minimum Gasteiger partial charge on any atom is -0.392 e. The summed E-state index contributed by atoms with van der Waals surface area (Å²) < 4.78 is 41.6. The van der Waals surface area contributed by atoms with E-state index < -0.39 is 16.3 Å². The topological polar surface area (TPSA) is 88.1 Å². The first-order valence-electron chi connectivity index (χ1n) is 16.4. The van der Waals surface area contributed by atoms with Crippen molar-refractivity contribution >= 4 is 10.0 Å². The predicted molar refractivity (Wildman–Crippen MR) is 180 cm³/mol. The molecule has 2 heterocycles. The molecular weight excluding hydrogens is 596 g/mol. The van der Waals surface area contributed by atoms with Crippen LogP contribution >= 0.6 is 0 Å². The zero-order valence-electron chi connectivity index (χ0n) is 26.3. The molecule has 2 aliphatic rings. The third-order valence-electron chi connectivity index (χ3n) is 8.96. The zero-order chi connectivity index (χ0) is 31.8. The van der Waals surface area contributed by atoms with Crippen LogP contribution in [0.15, 0.2) is 108 Å². The van der Waals surface area contributed by atoms with Gasteiger partial charge in [0.15, 0.2) is 6.29 Å². The summed E-state index contributed by atoms with van der Waals surface area (Å²) in [5.74, 6) is 0. The molecule has 2 N–H and O–H groups in total. The van der Waals surface area contributed by atoms with Gasteiger partial charge in [0.1, 0.15) is 0 Å². The number of benzene rings is 4. The Kier molecular flexibility index (Phi) is 11.0. The molecule has 2 aliphatic heterocycles. The third-order valence-corrected chi connectivity index (χ3v) is 10.4. The Balaban J connectivity index is 1.20. The monoisotopic (exact) mass is 640 g/mol. The zero-order valence-corrected chi connectivity index (χ0v) is 27.1. The summed E-state index contributed by atoms with van der Waals surface area (Å²) in [6.45, 7) is 3.30. The van der Waals surface area contributed by atoms with Crippen LogP contribution in [0.3, 0.4) is 0 Å². The average Bonchev–Trinajstić information content (AvgIpc) is 3.09. The van der Waals surface area contributed by atoms with Crippen LogP contribution in [-0.4, -0.2) is 44.2 Å². The van der Waals surface area contributed by atoms with Gasteiger partial charge < -0.3 is 19.5 Å². The van der Waals surface area contributed by atoms with E-state index in [1.165, 1.54) is 32.1 Å². The highest BCUT2D eigenvalue weighted by Gasteiger charge is 2.33. The van der Waals surface area contributed by atoms with Crippen LogP contribution in [0.4, 0.5) is 0 Å². The van der Waals surface area contributed by atoms with Crippen molar-refractivity contribution in [2.24, 2.45) is 0 Å².